The quantitative estimate of drug-likeness (QED) is 0.437. The average molecular weight is 545 g/mol. The molecular formula is C32H44N6O2. The van der Waals surface area contributed by atoms with Crippen molar-refractivity contribution in [2.75, 3.05) is 44.2 Å². The maximum absolute atomic E-state index is 13.3. The van der Waals surface area contributed by atoms with Gasteiger partial charge in [0, 0.05) is 76.8 Å². The Bertz CT molecular complexity index is 1290. The van der Waals surface area contributed by atoms with E-state index in [1.165, 1.54) is 11.2 Å². The molecule has 2 aliphatic rings. The summed E-state index contributed by atoms with van der Waals surface area (Å²) in [6.07, 6.45) is 5.34. The molecule has 8 nitrogen and oxygen atoms in total. The molecule has 0 unspecified atom stereocenters. The van der Waals surface area contributed by atoms with Gasteiger partial charge in [0.15, 0.2) is 0 Å². The molecule has 0 spiro atoms. The minimum atomic E-state index is -0.216. The lowest BCUT2D eigenvalue weighted by atomic mass is 9.96. The van der Waals surface area contributed by atoms with Crippen LogP contribution in [0.25, 0.3) is 11.0 Å². The summed E-state index contributed by atoms with van der Waals surface area (Å²) in [5, 5.41) is 0. The number of benzene rings is 2. The summed E-state index contributed by atoms with van der Waals surface area (Å²) in [7, 11) is 0. The number of fused-ring (bicyclic) bond motifs is 1. The summed E-state index contributed by atoms with van der Waals surface area (Å²) < 4.78 is 2.39. The summed E-state index contributed by atoms with van der Waals surface area (Å²) in [6, 6.07) is 16.7. The number of carbonyl (C=O) groups excluding carboxylic acids is 2. The molecule has 2 atom stereocenters. The fourth-order valence-corrected chi connectivity index (χ4v) is 6.22. The maximum atomic E-state index is 13.3. The van der Waals surface area contributed by atoms with Gasteiger partial charge in [-0.05, 0) is 55.5 Å². The highest BCUT2D eigenvalue weighted by Crippen LogP contribution is 2.30. The van der Waals surface area contributed by atoms with E-state index >= 15 is 0 Å². The van der Waals surface area contributed by atoms with Crippen molar-refractivity contribution in [3.8, 4) is 0 Å². The molecule has 214 valence electrons. The summed E-state index contributed by atoms with van der Waals surface area (Å²) in [4.78, 5) is 36.2. The smallest absolute Gasteiger partial charge is 0.224 e. The zero-order valence-corrected chi connectivity index (χ0v) is 24.1. The fourth-order valence-electron chi connectivity index (χ4n) is 6.22. The molecule has 5 rings (SSSR count). The van der Waals surface area contributed by atoms with Gasteiger partial charge in [0.2, 0.25) is 11.8 Å². The second-order valence-electron chi connectivity index (χ2n) is 11.5. The largest absolute Gasteiger partial charge is 0.368 e. The second-order valence-corrected chi connectivity index (χ2v) is 11.5. The first-order valence-electron chi connectivity index (χ1n) is 15.0. The van der Waals surface area contributed by atoms with E-state index in [1.807, 2.05) is 15.9 Å². The minimum absolute atomic E-state index is 0.144. The number of aromatic nitrogens is 2. The van der Waals surface area contributed by atoms with Crippen molar-refractivity contribution in [3.05, 3.63) is 59.9 Å². The van der Waals surface area contributed by atoms with Crippen molar-refractivity contribution in [2.45, 2.75) is 70.9 Å². The number of carbonyl (C=O) groups is 2. The number of piperidine rings is 1. The number of nitrogens with zero attached hydrogens (tertiary/aromatic N) is 5. The van der Waals surface area contributed by atoms with E-state index in [2.05, 4.69) is 58.9 Å². The Morgan fingerprint density at radius 1 is 1.00 bits per heavy atom. The van der Waals surface area contributed by atoms with Gasteiger partial charge in [-0.2, -0.15) is 0 Å². The Labute approximate surface area is 238 Å². The molecule has 3 aromatic rings. The Hall–Kier alpha value is -3.39. The predicted molar refractivity (Wildman–Crippen MR) is 160 cm³/mol. The van der Waals surface area contributed by atoms with Crippen LogP contribution in [0.3, 0.4) is 0 Å². The van der Waals surface area contributed by atoms with E-state index in [-0.39, 0.29) is 23.8 Å². The fraction of sp³-hybridized carbons (Fsp3) is 0.531. The van der Waals surface area contributed by atoms with Crippen LogP contribution in [0.15, 0.2) is 48.5 Å². The Morgan fingerprint density at radius 3 is 2.48 bits per heavy atom. The highest BCUT2D eigenvalue weighted by molar-refractivity contribution is 5.78. The highest BCUT2D eigenvalue weighted by atomic mass is 16.2. The lowest BCUT2D eigenvalue weighted by molar-refractivity contribution is -0.133. The topological polar surface area (TPSA) is 87.7 Å². The van der Waals surface area contributed by atoms with Gasteiger partial charge in [-0.1, -0.05) is 37.6 Å². The van der Waals surface area contributed by atoms with Gasteiger partial charge in [-0.25, -0.2) is 4.98 Å². The first-order valence-corrected chi connectivity index (χ1v) is 15.0. The van der Waals surface area contributed by atoms with E-state index in [4.69, 9.17) is 10.7 Å². The average Bonchev–Trinajstić information content (AvgIpc) is 3.35. The van der Waals surface area contributed by atoms with Crippen molar-refractivity contribution in [1.82, 2.24) is 19.4 Å². The molecule has 8 heteroatoms. The Morgan fingerprint density at radius 2 is 1.75 bits per heavy atom. The number of piperazine rings is 1. The number of unbranched alkanes of at least 4 members (excludes halogenated alkanes) is 1. The first kappa shape index (κ1) is 28.1. The van der Waals surface area contributed by atoms with Crippen molar-refractivity contribution in [1.29, 1.82) is 0 Å². The molecule has 2 N–H and O–H groups in total. The second kappa shape index (κ2) is 12.9. The molecule has 0 bridgehead atoms. The van der Waals surface area contributed by atoms with Crippen molar-refractivity contribution in [2.24, 2.45) is 5.73 Å². The molecule has 2 aromatic carbocycles. The van der Waals surface area contributed by atoms with E-state index in [1.54, 1.807) is 6.92 Å². The van der Waals surface area contributed by atoms with Crippen molar-refractivity contribution >= 4 is 28.5 Å². The third-order valence-electron chi connectivity index (χ3n) is 8.52. The van der Waals surface area contributed by atoms with Crippen LogP contribution in [0, 0.1) is 0 Å². The SMILES string of the molecule is CCCCn1c([C@@H]2CCCN(C(=O)C[C@H](N)Cc3ccc(N4CCN(C(C)=O)CC4)cc3)C2)nc2ccccc21. The van der Waals surface area contributed by atoms with Crippen molar-refractivity contribution < 1.29 is 9.59 Å². The predicted octanol–water partition coefficient (Wildman–Crippen LogP) is 4.17. The lowest BCUT2D eigenvalue weighted by Crippen LogP contribution is -2.48. The summed E-state index contributed by atoms with van der Waals surface area (Å²) >= 11 is 0. The van der Waals surface area contributed by atoms with Gasteiger partial charge < -0.3 is 25.0 Å². The zero-order chi connectivity index (χ0) is 28.1. The molecule has 2 aliphatic heterocycles. The molecule has 0 aliphatic carbocycles. The molecule has 2 fully saturated rings. The molecule has 2 saturated heterocycles. The maximum Gasteiger partial charge on any atom is 0.224 e. The van der Waals surface area contributed by atoms with Gasteiger partial charge in [-0.15, -0.1) is 0 Å². The molecule has 0 saturated carbocycles. The Kier molecular flexibility index (Phi) is 9.04. The summed E-state index contributed by atoms with van der Waals surface area (Å²) in [5.74, 6) is 1.67. The number of likely N-dealkylation sites (tertiary alicyclic amines) is 1. The molecular weight excluding hydrogens is 500 g/mol. The van der Waals surface area contributed by atoms with E-state index < -0.39 is 0 Å². The molecule has 0 radical (unpaired) electrons. The number of anilines is 1. The van der Waals surface area contributed by atoms with Gasteiger partial charge in [-0.3, -0.25) is 9.59 Å². The van der Waals surface area contributed by atoms with E-state index in [0.29, 0.717) is 19.4 Å². The van der Waals surface area contributed by atoms with Crippen LogP contribution in [-0.4, -0.2) is 76.5 Å². The zero-order valence-electron chi connectivity index (χ0n) is 24.1. The van der Waals surface area contributed by atoms with Gasteiger partial charge >= 0.3 is 0 Å². The number of imidazole rings is 1. The number of hydrogen-bond donors (Lipinski definition) is 1. The minimum Gasteiger partial charge on any atom is -0.368 e. The number of amides is 2. The van der Waals surface area contributed by atoms with Crippen LogP contribution in [-0.2, 0) is 22.6 Å². The lowest BCUT2D eigenvalue weighted by Gasteiger charge is -2.35. The van der Waals surface area contributed by atoms with Crippen LogP contribution in [0.2, 0.25) is 0 Å². The number of aryl methyl sites for hydroxylation is 1. The van der Waals surface area contributed by atoms with Crippen LogP contribution in [0.5, 0.6) is 0 Å². The first-order chi connectivity index (χ1) is 19.4. The van der Waals surface area contributed by atoms with Gasteiger partial charge in [0.05, 0.1) is 11.0 Å². The molecule has 2 amide bonds. The van der Waals surface area contributed by atoms with Crippen LogP contribution < -0.4 is 10.6 Å². The van der Waals surface area contributed by atoms with E-state index in [9.17, 15) is 9.59 Å². The number of nitrogens with two attached hydrogens (primary N) is 1. The van der Waals surface area contributed by atoms with Crippen LogP contribution in [0.1, 0.15) is 63.3 Å². The standard InChI is InChI=1S/C32H44N6O2/c1-3-4-16-38-30-10-6-5-9-29(30)34-32(38)26-8-7-15-37(23-26)31(40)22-27(33)21-25-11-13-28(14-12-25)36-19-17-35(18-20-36)24(2)39/h5-6,9-14,26-27H,3-4,7-8,15-23,33H2,1-2H3/t26-,27-/m1/s1. The van der Waals surface area contributed by atoms with Crippen molar-refractivity contribution in [3.63, 3.8) is 0 Å². The Balaban J connectivity index is 1.16. The van der Waals surface area contributed by atoms with Crippen LogP contribution >= 0.6 is 0 Å². The third kappa shape index (κ3) is 6.49. The summed E-state index contributed by atoms with van der Waals surface area (Å²) in [5.41, 5.74) is 11.1. The monoisotopic (exact) mass is 544 g/mol. The molecule has 1 aromatic heterocycles. The van der Waals surface area contributed by atoms with Crippen LogP contribution in [0.4, 0.5) is 5.69 Å². The number of rotatable bonds is 9. The molecule has 40 heavy (non-hydrogen) atoms. The summed E-state index contributed by atoms with van der Waals surface area (Å²) in [6.45, 7) is 9.54. The molecule has 3 heterocycles. The number of para-hydroxylation sites is 2. The van der Waals surface area contributed by atoms with Gasteiger partial charge in [0.1, 0.15) is 5.82 Å². The number of hydrogen-bond acceptors (Lipinski definition) is 5. The highest BCUT2D eigenvalue weighted by Gasteiger charge is 2.29. The normalized spacial score (nSPS) is 18.8. The van der Waals surface area contributed by atoms with Gasteiger partial charge in [0.25, 0.3) is 0 Å². The van der Waals surface area contributed by atoms with E-state index in [0.717, 1.165) is 81.9 Å². The third-order valence-corrected chi connectivity index (χ3v) is 8.52.